The van der Waals surface area contributed by atoms with E-state index in [1.54, 1.807) is 0 Å². The van der Waals surface area contributed by atoms with Gasteiger partial charge in [-0.1, -0.05) is 0 Å². The molecule has 12 heteroatoms. The summed E-state index contributed by atoms with van der Waals surface area (Å²) in [7, 11) is 1.30. The van der Waals surface area contributed by atoms with E-state index in [9.17, 15) is 18.4 Å². The van der Waals surface area contributed by atoms with Gasteiger partial charge in [0.1, 0.15) is 11.2 Å². The zero-order chi connectivity index (χ0) is 23.2. The number of hydrogen-bond donors (Lipinski definition) is 2. The van der Waals surface area contributed by atoms with Crippen LogP contribution < -0.4 is 26.6 Å². The molecule has 2 aromatic rings. The zero-order valence-corrected chi connectivity index (χ0v) is 17.8. The Balaban J connectivity index is 1.98. The van der Waals surface area contributed by atoms with Crippen molar-refractivity contribution < 1.29 is 27.4 Å². The fourth-order valence-electron chi connectivity index (χ4n) is 4.62. The Kier molecular flexibility index (Phi) is 5.94. The molecule has 32 heavy (non-hydrogen) atoms. The zero-order valence-electron chi connectivity index (χ0n) is 17.8. The van der Waals surface area contributed by atoms with Crippen molar-refractivity contribution in [3.05, 3.63) is 32.2 Å². The lowest BCUT2D eigenvalue weighted by Gasteiger charge is -2.31. The van der Waals surface area contributed by atoms with Gasteiger partial charge in [-0.3, -0.25) is 14.3 Å². The number of aromatic nitrogens is 2. The van der Waals surface area contributed by atoms with E-state index in [4.69, 9.17) is 19.9 Å². The molecular weight excluding hydrogens is 433 g/mol. The van der Waals surface area contributed by atoms with Crippen molar-refractivity contribution >= 4 is 16.6 Å². The second-order valence-electron chi connectivity index (χ2n) is 8.04. The Hall–Kier alpha value is -2.57. The maximum Gasteiger partial charge on any atom is 0.329 e. The molecule has 1 aliphatic heterocycles. The minimum atomic E-state index is -1.73. The molecule has 2 heterocycles. The van der Waals surface area contributed by atoms with E-state index in [0.717, 1.165) is 12.8 Å². The Labute approximate surface area is 180 Å². The molecule has 1 saturated carbocycles. The molecule has 1 aliphatic carbocycles. The standard InChI is InChI=1S/C20H25F3N4O5/c1-10-13-15(27(12-3-4-12)19(29)25-18(13)28)17(30-2)16(14(10)23)26-6-11(5-24)20(7-26,31-8-21)32-9-22/h11-12H,3-9,24H2,1-2H3,(H,25,28,29). The second kappa shape index (κ2) is 8.41. The van der Waals surface area contributed by atoms with Crippen LogP contribution in [-0.2, 0) is 9.47 Å². The van der Waals surface area contributed by atoms with Crippen LogP contribution in [0, 0.1) is 18.7 Å². The maximum absolute atomic E-state index is 15.7. The van der Waals surface area contributed by atoms with Gasteiger partial charge >= 0.3 is 5.69 Å². The van der Waals surface area contributed by atoms with Gasteiger partial charge in [0, 0.05) is 30.6 Å². The van der Waals surface area contributed by atoms with Crippen LogP contribution in [-0.4, -0.2) is 55.8 Å². The van der Waals surface area contributed by atoms with Gasteiger partial charge in [-0.2, -0.15) is 0 Å². The fraction of sp³-hybridized carbons (Fsp3) is 0.600. The smallest absolute Gasteiger partial charge is 0.329 e. The summed E-state index contributed by atoms with van der Waals surface area (Å²) >= 11 is 0. The first-order valence-electron chi connectivity index (χ1n) is 10.2. The first-order chi connectivity index (χ1) is 15.3. The Morgan fingerprint density at radius 2 is 1.88 bits per heavy atom. The molecule has 1 saturated heterocycles. The van der Waals surface area contributed by atoms with Crippen molar-refractivity contribution in [2.75, 3.05) is 45.4 Å². The number of nitrogens with two attached hydrogens (primary N) is 1. The molecule has 1 aromatic carbocycles. The molecule has 1 aromatic heterocycles. The van der Waals surface area contributed by atoms with Gasteiger partial charge in [-0.25, -0.2) is 18.0 Å². The van der Waals surface area contributed by atoms with E-state index in [1.807, 2.05) is 0 Å². The summed E-state index contributed by atoms with van der Waals surface area (Å²) in [4.78, 5) is 28.9. The van der Waals surface area contributed by atoms with E-state index < -0.39 is 42.5 Å². The first kappa shape index (κ1) is 22.6. The third-order valence-corrected chi connectivity index (χ3v) is 6.27. The van der Waals surface area contributed by atoms with Crippen LogP contribution >= 0.6 is 0 Å². The van der Waals surface area contributed by atoms with Crippen LogP contribution in [0.3, 0.4) is 0 Å². The summed E-state index contributed by atoms with van der Waals surface area (Å²) in [6.45, 7) is -1.31. The summed E-state index contributed by atoms with van der Waals surface area (Å²) in [5, 5.41) is 0.00968. The van der Waals surface area contributed by atoms with Gasteiger partial charge in [-0.15, -0.1) is 0 Å². The molecule has 2 aliphatic rings. The number of methoxy groups -OCH3 is 1. The lowest BCUT2D eigenvalue weighted by atomic mass is 10.0. The molecule has 1 atom stereocenters. The highest BCUT2D eigenvalue weighted by Crippen LogP contribution is 2.46. The molecule has 0 amide bonds. The van der Waals surface area contributed by atoms with Crippen molar-refractivity contribution in [3.8, 4) is 5.75 Å². The Morgan fingerprint density at radius 1 is 1.22 bits per heavy atom. The van der Waals surface area contributed by atoms with E-state index in [1.165, 1.54) is 23.5 Å². The minimum absolute atomic E-state index is 0.00968. The van der Waals surface area contributed by atoms with Crippen LogP contribution in [0.4, 0.5) is 18.9 Å². The van der Waals surface area contributed by atoms with E-state index in [-0.39, 0.29) is 53.6 Å². The van der Waals surface area contributed by atoms with Gasteiger partial charge in [0.05, 0.1) is 19.0 Å². The summed E-state index contributed by atoms with van der Waals surface area (Å²) in [6, 6.07) is -0.146. The molecule has 176 valence electrons. The number of nitrogens with zero attached hydrogens (tertiary/aromatic N) is 2. The molecule has 2 fully saturated rings. The average molecular weight is 458 g/mol. The molecule has 4 rings (SSSR count). The van der Waals surface area contributed by atoms with Crippen LogP contribution in [0.1, 0.15) is 24.4 Å². The number of alkyl halides is 2. The number of halogens is 3. The van der Waals surface area contributed by atoms with Crippen molar-refractivity contribution in [1.29, 1.82) is 0 Å². The number of benzene rings is 1. The molecule has 0 bridgehead atoms. The first-order valence-corrected chi connectivity index (χ1v) is 10.2. The predicted molar refractivity (Wildman–Crippen MR) is 110 cm³/mol. The Bertz CT molecular complexity index is 1140. The largest absolute Gasteiger partial charge is 0.492 e. The summed E-state index contributed by atoms with van der Waals surface area (Å²) in [5.74, 6) is -3.19. The predicted octanol–water partition coefficient (Wildman–Crippen LogP) is 1.46. The van der Waals surface area contributed by atoms with Crippen molar-refractivity contribution in [1.82, 2.24) is 9.55 Å². The molecular formula is C20H25F3N4O5. The quantitative estimate of drug-likeness (QED) is 0.576. The van der Waals surface area contributed by atoms with Crippen molar-refractivity contribution in [3.63, 3.8) is 0 Å². The fourth-order valence-corrected chi connectivity index (χ4v) is 4.62. The summed E-state index contributed by atoms with van der Waals surface area (Å²) in [6.07, 6.45) is 1.46. The summed E-state index contributed by atoms with van der Waals surface area (Å²) in [5.41, 5.74) is 4.61. The molecule has 1 unspecified atom stereocenters. The SMILES string of the molecule is COc1c(N2CC(CN)C(OCF)(OCF)C2)c(F)c(C)c2c(=O)[nH]c(=O)n(C3CC3)c12. The third-order valence-electron chi connectivity index (χ3n) is 6.27. The van der Waals surface area contributed by atoms with E-state index >= 15 is 4.39 Å². The van der Waals surface area contributed by atoms with Gasteiger partial charge in [0.15, 0.2) is 31.1 Å². The van der Waals surface area contributed by atoms with Gasteiger partial charge < -0.3 is 24.8 Å². The Morgan fingerprint density at radius 3 is 2.41 bits per heavy atom. The van der Waals surface area contributed by atoms with Gasteiger partial charge in [0.2, 0.25) is 0 Å². The number of hydrogen-bond acceptors (Lipinski definition) is 7. The van der Waals surface area contributed by atoms with Gasteiger partial charge in [0.25, 0.3) is 5.56 Å². The number of fused-ring (bicyclic) bond motifs is 1. The van der Waals surface area contributed by atoms with Crippen LogP contribution in [0.15, 0.2) is 9.59 Å². The van der Waals surface area contributed by atoms with Gasteiger partial charge in [-0.05, 0) is 19.8 Å². The number of aryl methyl sites for hydroxylation is 1. The highest BCUT2D eigenvalue weighted by molar-refractivity contribution is 5.93. The molecule has 9 nitrogen and oxygen atoms in total. The third kappa shape index (κ3) is 3.37. The topological polar surface area (TPSA) is 112 Å². The van der Waals surface area contributed by atoms with Crippen molar-refractivity contribution in [2.45, 2.75) is 31.6 Å². The number of H-pyrrole nitrogens is 1. The number of aromatic amines is 1. The van der Waals surface area contributed by atoms with E-state index in [2.05, 4.69) is 4.98 Å². The second-order valence-corrected chi connectivity index (χ2v) is 8.04. The molecule has 3 N–H and O–H groups in total. The molecule has 0 radical (unpaired) electrons. The van der Waals surface area contributed by atoms with Crippen LogP contribution in [0.2, 0.25) is 0 Å². The number of nitrogens with one attached hydrogen (secondary N) is 1. The highest BCUT2D eigenvalue weighted by atomic mass is 19.1. The highest BCUT2D eigenvalue weighted by Gasteiger charge is 2.50. The molecule has 0 spiro atoms. The van der Waals surface area contributed by atoms with E-state index in [0.29, 0.717) is 0 Å². The normalized spacial score (nSPS) is 20.3. The number of rotatable bonds is 8. The lowest BCUT2D eigenvalue weighted by Crippen LogP contribution is -2.46. The van der Waals surface area contributed by atoms with Crippen LogP contribution in [0.25, 0.3) is 10.9 Å². The monoisotopic (exact) mass is 458 g/mol. The average Bonchev–Trinajstić information content (AvgIpc) is 3.52. The lowest BCUT2D eigenvalue weighted by molar-refractivity contribution is -0.273. The van der Waals surface area contributed by atoms with Crippen LogP contribution in [0.5, 0.6) is 5.75 Å². The van der Waals surface area contributed by atoms with Crippen molar-refractivity contribution in [2.24, 2.45) is 11.7 Å². The number of ether oxygens (including phenoxy) is 3. The minimum Gasteiger partial charge on any atom is -0.492 e. The summed E-state index contributed by atoms with van der Waals surface area (Å²) < 4.78 is 59.1. The maximum atomic E-state index is 15.7. The number of anilines is 1.